The molecule has 4 rings (SSSR count). The van der Waals surface area contributed by atoms with E-state index in [2.05, 4.69) is 52.7 Å². The van der Waals surface area contributed by atoms with Crippen molar-refractivity contribution in [3.8, 4) is 11.3 Å². The van der Waals surface area contributed by atoms with Crippen molar-refractivity contribution in [2.24, 2.45) is 5.73 Å². The predicted molar refractivity (Wildman–Crippen MR) is 100 cm³/mol. The van der Waals surface area contributed by atoms with Gasteiger partial charge in [0.25, 0.3) is 0 Å². The van der Waals surface area contributed by atoms with Crippen LogP contribution in [0.1, 0.15) is 12.5 Å². The molecule has 0 saturated carbocycles. The molecule has 0 saturated heterocycles. The Kier molecular flexibility index (Phi) is 3.35. The van der Waals surface area contributed by atoms with E-state index in [0.29, 0.717) is 6.54 Å². The second-order valence-electron chi connectivity index (χ2n) is 6.22. The first-order valence-electron chi connectivity index (χ1n) is 8.15. The van der Waals surface area contributed by atoms with Gasteiger partial charge in [-0.1, -0.05) is 18.2 Å². The predicted octanol–water partition coefficient (Wildman–Crippen LogP) is 2.94. The molecule has 24 heavy (non-hydrogen) atoms. The van der Waals surface area contributed by atoms with Crippen LogP contribution < -0.4 is 21.3 Å². The molecule has 3 heterocycles. The number of nitrogens with zero attached hydrogens (tertiary/aromatic N) is 2. The zero-order valence-electron chi connectivity index (χ0n) is 14.1. The van der Waals surface area contributed by atoms with E-state index in [9.17, 15) is 0 Å². The first kappa shape index (κ1) is 14.8. The summed E-state index contributed by atoms with van der Waals surface area (Å²) in [5.41, 5.74) is 12.2. The molecule has 2 aromatic heterocycles. The average molecular weight is 322 g/mol. The average Bonchev–Trinajstić information content (AvgIpc) is 3.15. The molecule has 1 aliphatic rings. The van der Waals surface area contributed by atoms with Crippen LogP contribution in [0.2, 0.25) is 0 Å². The number of hydrogen-bond donors (Lipinski definition) is 4. The number of nitrogens with one attached hydrogen (secondary N) is 3. The maximum Gasteiger partial charge on any atom is 0.153 e. The fourth-order valence-corrected chi connectivity index (χ4v) is 3.33. The van der Waals surface area contributed by atoms with Crippen LogP contribution in [-0.4, -0.2) is 30.2 Å². The van der Waals surface area contributed by atoms with Crippen LogP contribution in [0.4, 0.5) is 17.2 Å². The highest BCUT2D eigenvalue weighted by Crippen LogP contribution is 2.44. The summed E-state index contributed by atoms with van der Waals surface area (Å²) in [6.45, 7) is 2.68. The van der Waals surface area contributed by atoms with Gasteiger partial charge in [0.05, 0.1) is 11.9 Å². The number of H-pyrrole nitrogens is 1. The van der Waals surface area contributed by atoms with Gasteiger partial charge in [0.2, 0.25) is 0 Å². The quantitative estimate of drug-likeness (QED) is 0.596. The minimum atomic E-state index is 0.235. The van der Waals surface area contributed by atoms with Gasteiger partial charge in [0, 0.05) is 31.7 Å². The van der Waals surface area contributed by atoms with Gasteiger partial charge < -0.3 is 26.3 Å². The van der Waals surface area contributed by atoms with Crippen LogP contribution in [0.5, 0.6) is 0 Å². The van der Waals surface area contributed by atoms with E-state index in [0.717, 1.165) is 39.4 Å². The summed E-state index contributed by atoms with van der Waals surface area (Å²) in [5, 5.41) is 7.81. The molecule has 6 nitrogen and oxygen atoms in total. The monoisotopic (exact) mass is 322 g/mol. The maximum atomic E-state index is 5.77. The lowest BCUT2D eigenvalue weighted by Crippen LogP contribution is -2.28. The molecule has 1 aromatic carbocycles. The number of rotatable bonds is 3. The third-order valence-electron chi connectivity index (χ3n) is 4.75. The summed E-state index contributed by atoms with van der Waals surface area (Å²) in [4.78, 5) is 10.4. The Labute approximate surface area is 141 Å². The molecule has 1 atom stereocenters. The van der Waals surface area contributed by atoms with Gasteiger partial charge in [0.1, 0.15) is 11.3 Å². The number of aromatic nitrogens is 2. The first-order chi connectivity index (χ1) is 11.6. The van der Waals surface area contributed by atoms with Crippen LogP contribution in [0.15, 0.2) is 30.3 Å². The van der Waals surface area contributed by atoms with Crippen molar-refractivity contribution in [1.29, 1.82) is 0 Å². The highest BCUT2D eigenvalue weighted by Gasteiger charge is 2.28. The molecule has 1 aliphatic heterocycles. The van der Waals surface area contributed by atoms with E-state index >= 15 is 0 Å². The number of anilines is 3. The normalized spacial score (nSPS) is 16.3. The lowest BCUT2D eigenvalue weighted by molar-refractivity contribution is 0.808. The summed E-state index contributed by atoms with van der Waals surface area (Å²) < 4.78 is 0. The molecule has 5 N–H and O–H groups in total. The zero-order chi connectivity index (χ0) is 16.8. The van der Waals surface area contributed by atoms with Crippen LogP contribution >= 0.6 is 0 Å². The first-order valence-corrected chi connectivity index (χ1v) is 8.15. The summed E-state index contributed by atoms with van der Waals surface area (Å²) in [7, 11) is 4.00. The molecule has 0 aliphatic carbocycles. The van der Waals surface area contributed by atoms with Crippen molar-refractivity contribution >= 4 is 28.2 Å². The number of nitrogens with two attached hydrogens (primary N) is 1. The van der Waals surface area contributed by atoms with Crippen molar-refractivity contribution < 1.29 is 0 Å². The summed E-state index contributed by atoms with van der Waals surface area (Å²) in [6, 6.07) is 10.5. The van der Waals surface area contributed by atoms with Gasteiger partial charge in [-0.25, -0.2) is 4.98 Å². The topological polar surface area (TPSA) is 82.0 Å². The van der Waals surface area contributed by atoms with Crippen molar-refractivity contribution in [1.82, 2.24) is 9.97 Å². The van der Waals surface area contributed by atoms with Crippen molar-refractivity contribution in [2.75, 3.05) is 29.6 Å². The Morgan fingerprint density at radius 1 is 1.33 bits per heavy atom. The minimum absolute atomic E-state index is 0.235. The third kappa shape index (κ3) is 2.11. The zero-order valence-corrected chi connectivity index (χ0v) is 14.1. The van der Waals surface area contributed by atoms with Gasteiger partial charge >= 0.3 is 0 Å². The number of aromatic amines is 1. The van der Waals surface area contributed by atoms with Crippen molar-refractivity contribution in [3.05, 3.63) is 35.9 Å². The largest absolute Gasteiger partial charge is 0.371 e. The van der Waals surface area contributed by atoms with Crippen LogP contribution in [-0.2, 0) is 6.54 Å². The van der Waals surface area contributed by atoms with E-state index in [1.165, 1.54) is 5.69 Å². The standard InChI is InChI=1S/C18H22N6/c1-10-21-15-16(24(10)3)13-8-14(22-17(13)23-18(15)20-2)12-6-4-5-11(7-12)9-19/h4-8,10,21H,9,19H2,1-3H3,(H2,20,22,23). The van der Waals surface area contributed by atoms with Gasteiger partial charge in [-0.2, -0.15) is 0 Å². The SMILES string of the molecule is CNc1nc2[nH]c(-c3cccc(CN)c3)cc2c2c1NC(C)N2C. The molecular weight excluding hydrogens is 300 g/mol. The maximum absolute atomic E-state index is 5.77. The van der Waals surface area contributed by atoms with E-state index < -0.39 is 0 Å². The Hall–Kier alpha value is -2.73. The molecule has 0 fully saturated rings. The van der Waals surface area contributed by atoms with E-state index in [4.69, 9.17) is 10.7 Å². The fourth-order valence-electron chi connectivity index (χ4n) is 3.33. The second kappa shape index (κ2) is 5.42. The lowest BCUT2D eigenvalue weighted by Gasteiger charge is -2.17. The number of fused-ring (bicyclic) bond motifs is 3. The second-order valence-corrected chi connectivity index (χ2v) is 6.22. The Morgan fingerprint density at radius 2 is 2.17 bits per heavy atom. The third-order valence-corrected chi connectivity index (χ3v) is 4.75. The molecular formula is C18H22N6. The molecule has 3 aromatic rings. The van der Waals surface area contributed by atoms with E-state index in [1.54, 1.807) is 0 Å². The summed E-state index contributed by atoms with van der Waals surface area (Å²) in [6.07, 6.45) is 0.235. The molecule has 0 spiro atoms. The molecule has 0 bridgehead atoms. The Bertz CT molecular complexity index is 913. The summed E-state index contributed by atoms with van der Waals surface area (Å²) in [5.74, 6) is 0.859. The van der Waals surface area contributed by atoms with E-state index in [-0.39, 0.29) is 6.17 Å². The molecule has 124 valence electrons. The van der Waals surface area contributed by atoms with Gasteiger partial charge in [-0.15, -0.1) is 0 Å². The van der Waals surface area contributed by atoms with Crippen LogP contribution in [0, 0.1) is 0 Å². The number of pyridine rings is 1. The van der Waals surface area contributed by atoms with E-state index in [1.807, 2.05) is 19.2 Å². The van der Waals surface area contributed by atoms with Crippen molar-refractivity contribution in [3.63, 3.8) is 0 Å². The minimum Gasteiger partial charge on any atom is -0.371 e. The fraction of sp³-hybridized carbons (Fsp3) is 0.278. The highest BCUT2D eigenvalue weighted by molar-refractivity contribution is 6.05. The lowest BCUT2D eigenvalue weighted by atomic mass is 10.1. The molecule has 0 amide bonds. The van der Waals surface area contributed by atoms with Gasteiger partial charge in [-0.3, -0.25) is 0 Å². The van der Waals surface area contributed by atoms with Crippen LogP contribution in [0.3, 0.4) is 0 Å². The Morgan fingerprint density at radius 3 is 2.92 bits per heavy atom. The number of benzene rings is 1. The molecule has 0 radical (unpaired) electrons. The summed E-state index contributed by atoms with van der Waals surface area (Å²) >= 11 is 0. The highest BCUT2D eigenvalue weighted by atomic mass is 15.3. The van der Waals surface area contributed by atoms with Crippen molar-refractivity contribution in [2.45, 2.75) is 19.6 Å². The molecule has 6 heteroatoms. The van der Waals surface area contributed by atoms with Gasteiger partial charge in [-0.05, 0) is 30.2 Å². The Balaban J connectivity index is 1.93. The van der Waals surface area contributed by atoms with Gasteiger partial charge in [0.15, 0.2) is 5.82 Å². The molecule has 1 unspecified atom stereocenters. The smallest absolute Gasteiger partial charge is 0.153 e. The number of hydrogen-bond acceptors (Lipinski definition) is 5. The van der Waals surface area contributed by atoms with Crippen LogP contribution in [0.25, 0.3) is 22.3 Å².